The molecule has 12 heteroatoms. The summed E-state index contributed by atoms with van der Waals surface area (Å²) in [4.78, 5) is 16.1. The number of fused-ring (bicyclic) bond motifs is 1. The molecule has 0 radical (unpaired) electrons. The summed E-state index contributed by atoms with van der Waals surface area (Å²) in [5, 5.41) is 18.6. The molecule has 1 atom stereocenters. The van der Waals surface area contributed by atoms with E-state index in [1.54, 1.807) is 11.0 Å². The minimum atomic E-state index is -2.55. The fourth-order valence-corrected chi connectivity index (χ4v) is 4.18. The monoisotopic (exact) mass is 468 g/mol. The van der Waals surface area contributed by atoms with Gasteiger partial charge in [-0.2, -0.15) is 0 Å². The Bertz CT molecular complexity index is 1250. The summed E-state index contributed by atoms with van der Waals surface area (Å²) >= 11 is 0. The third kappa shape index (κ3) is 4.76. The van der Waals surface area contributed by atoms with Crippen LogP contribution in [0.15, 0.2) is 53.4 Å². The summed E-state index contributed by atoms with van der Waals surface area (Å²) in [7, 11) is 0. The highest BCUT2D eigenvalue weighted by Gasteiger charge is 2.35. The Kier molecular flexibility index (Phi) is 6.21. The van der Waals surface area contributed by atoms with E-state index in [1.165, 1.54) is 15.9 Å². The molecule has 176 valence electrons. The molecule has 1 unspecified atom stereocenters. The van der Waals surface area contributed by atoms with Crippen molar-refractivity contribution < 1.29 is 18.2 Å². The summed E-state index contributed by atoms with van der Waals surface area (Å²) < 4.78 is 34.0. The zero-order chi connectivity index (χ0) is 23.5. The molecule has 1 saturated heterocycles. The highest BCUT2D eigenvalue weighted by atomic mass is 19.3. The first-order valence-electron chi connectivity index (χ1n) is 10.9. The molecule has 0 bridgehead atoms. The van der Waals surface area contributed by atoms with Crippen LogP contribution in [0.4, 0.5) is 8.78 Å². The number of halogens is 2. The van der Waals surface area contributed by atoms with Gasteiger partial charge >= 0.3 is 0 Å². The molecule has 0 aliphatic carbocycles. The largest absolute Gasteiger partial charge is 0.339 e. The molecule has 34 heavy (non-hydrogen) atoms. The van der Waals surface area contributed by atoms with Gasteiger partial charge in [-0.15, -0.1) is 5.10 Å². The number of aromatic nitrogens is 6. The van der Waals surface area contributed by atoms with Gasteiger partial charge in [-0.05, 0) is 62.6 Å². The van der Waals surface area contributed by atoms with Crippen molar-refractivity contribution in [3.05, 3.63) is 59.9 Å². The Morgan fingerprint density at radius 2 is 1.85 bits per heavy atom. The predicted molar refractivity (Wildman–Crippen MR) is 116 cm³/mol. The van der Waals surface area contributed by atoms with Gasteiger partial charge in [-0.1, -0.05) is 18.2 Å². The van der Waals surface area contributed by atoms with E-state index in [0.29, 0.717) is 37.1 Å². The van der Waals surface area contributed by atoms with Gasteiger partial charge in [0.1, 0.15) is 17.4 Å². The van der Waals surface area contributed by atoms with Crippen molar-refractivity contribution in [1.82, 2.24) is 40.3 Å². The predicted octanol–water partition coefficient (Wildman–Crippen LogP) is 1.76. The first-order valence-corrected chi connectivity index (χ1v) is 10.9. The number of amides is 1. The number of piperazine rings is 1. The molecule has 2 aromatic carbocycles. The SMILES string of the molecule is O=C(Cc1ccc(-n2cnnn2)cc1)N1CCN(CCc2ccc3nonc3c2)C(C(F)F)C1. The van der Waals surface area contributed by atoms with E-state index in [2.05, 4.69) is 25.8 Å². The van der Waals surface area contributed by atoms with Crippen LogP contribution in [0.25, 0.3) is 16.7 Å². The zero-order valence-corrected chi connectivity index (χ0v) is 18.2. The maximum atomic E-state index is 13.9. The number of alkyl halides is 2. The molecule has 0 N–H and O–H groups in total. The van der Waals surface area contributed by atoms with Crippen LogP contribution in [0.1, 0.15) is 11.1 Å². The van der Waals surface area contributed by atoms with E-state index in [0.717, 1.165) is 16.8 Å². The lowest BCUT2D eigenvalue weighted by atomic mass is 10.1. The van der Waals surface area contributed by atoms with Crippen LogP contribution in [-0.4, -0.2) is 84.9 Å². The van der Waals surface area contributed by atoms with Gasteiger partial charge in [-0.25, -0.2) is 18.1 Å². The highest BCUT2D eigenvalue weighted by molar-refractivity contribution is 5.79. The van der Waals surface area contributed by atoms with Crippen molar-refractivity contribution in [3.8, 4) is 5.69 Å². The van der Waals surface area contributed by atoms with Crippen LogP contribution in [0.5, 0.6) is 0 Å². The Morgan fingerprint density at radius 3 is 2.62 bits per heavy atom. The fraction of sp³-hybridized carbons (Fsp3) is 0.364. The number of tetrazole rings is 1. The van der Waals surface area contributed by atoms with Crippen molar-refractivity contribution in [2.45, 2.75) is 25.3 Å². The van der Waals surface area contributed by atoms with Crippen LogP contribution in [0, 0.1) is 0 Å². The van der Waals surface area contributed by atoms with E-state index in [9.17, 15) is 13.6 Å². The number of nitrogens with zero attached hydrogens (tertiary/aromatic N) is 8. The van der Waals surface area contributed by atoms with Gasteiger partial charge in [0.05, 0.1) is 18.2 Å². The van der Waals surface area contributed by atoms with Gasteiger partial charge in [-0.3, -0.25) is 9.69 Å². The summed E-state index contributed by atoms with van der Waals surface area (Å²) in [6.45, 7) is 1.28. The summed E-state index contributed by atoms with van der Waals surface area (Å²) in [5.74, 6) is -0.163. The Hall–Kier alpha value is -3.80. The smallest absolute Gasteiger partial charge is 0.255 e. The van der Waals surface area contributed by atoms with Gasteiger partial charge in [0.2, 0.25) is 5.91 Å². The van der Waals surface area contributed by atoms with E-state index >= 15 is 0 Å². The zero-order valence-electron chi connectivity index (χ0n) is 18.2. The number of carbonyl (C=O) groups is 1. The molecule has 1 fully saturated rings. The third-order valence-corrected chi connectivity index (χ3v) is 6.09. The number of carbonyl (C=O) groups excluding carboxylic acids is 1. The second-order valence-corrected chi connectivity index (χ2v) is 8.21. The lowest BCUT2D eigenvalue weighted by Crippen LogP contribution is -2.58. The minimum absolute atomic E-state index is 0.00541. The van der Waals surface area contributed by atoms with E-state index in [-0.39, 0.29) is 18.9 Å². The van der Waals surface area contributed by atoms with Crippen LogP contribution in [0.2, 0.25) is 0 Å². The molecular weight excluding hydrogens is 446 g/mol. The van der Waals surface area contributed by atoms with Crippen LogP contribution in [-0.2, 0) is 17.6 Å². The molecule has 4 aromatic rings. The second kappa shape index (κ2) is 9.59. The quantitative estimate of drug-likeness (QED) is 0.404. The molecule has 3 heterocycles. The highest BCUT2D eigenvalue weighted by Crippen LogP contribution is 2.20. The van der Waals surface area contributed by atoms with Gasteiger partial charge in [0.25, 0.3) is 6.43 Å². The molecule has 0 spiro atoms. The average Bonchev–Trinajstić information content (AvgIpc) is 3.55. The summed E-state index contributed by atoms with van der Waals surface area (Å²) in [6, 6.07) is 11.8. The Morgan fingerprint density at radius 1 is 1.06 bits per heavy atom. The minimum Gasteiger partial charge on any atom is -0.339 e. The van der Waals surface area contributed by atoms with Crippen molar-refractivity contribution >= 4 is 16.9 Å². The van der Waals surface area contributed by atoms with Crippen molar-refractivity contribution in [3.63, 3.8) is 0 Å². The number of hydrogen-bond acceptors (Lipinski definition) is 8. The standard InChI is InChI=1S/C22H22F2N8O2/c23-22(24)20-13-31(21(33)12-15-1-4-17(5-2-15)32-14-25-28-29-32)10-9-30(20)8-7-16-3-6-18-19(11-16)27-34-26-18/h1-6,11,14,20,22H,7-10,12-13H2. The topological polar surface area (TPSA) is 106 Å². The van der Waals surface area contributed by atoms with Crippen molar-refractivity contribution in [1.29, 1.82) is 0 Å². The van der Waals surface area contributed by atoms with E-state index in [1.807, 2.05) is 36.4 Å². The molecule has 1 aliphatic heterocycles. The lowest BCUT2D eigenvalue weighted by Gasteiger charge is -2.41. The van der Waals surface area contributed by atoms with Crippen molar-refractivity contribution in [2.75, 3.05) is 26.2 Å². The van der Waals surface area contributed by atoms with Crippen LogP contribution in [0.3, 0.4) is 0 Å². The molecular formula is C22H22F2N8O2. The first kappa shape index (κ1) is 22.0. The summed E-state index contributed by atoms with van der Waals surface area (Å²) in [6.07, 6.45) is -0.326. The third-order valence-electron chi connectivity index (χ3n) is 6.09. The molecule has 10 nitrogen and oxygen atoms in total. The number of benzene rings is 2. The van der Waals surface area contributed by atoms with Crippen LogP contribution < -0.4 is 0 Å². The van der Waals surface area contributed by atoms with E-state index < -0.39 is 12.5 Å². The van der Waals surface area contributed by atoms with Crippen LogP contribution >= 0.6 is 0 Å². The normalized spacial score (nSPS) is 17.0. The average molecular weight is 468 g/mol. The molecule has 1 aliphatic rings. The Labute approximate surface area is 193 Å². The first-order chi connectivity index (χ1) is 16.6. The number of hydrogen-bond donors (Lipinski definition) is 0. The van der Waals surface area contributed by atoms with E-state index in [4.69, 9.17) is 4.63 Å². The molecule has 2 aromatic heterocycles. The van der Waals surface area contributed by atoms with Crippen molar-refractivity contribution in [2.24, 2.45) is 0 Å². The molecule has 5 rings (SSSR count). The number of rotatable bonds is 7. The molecule has 1 amide bonds. The maximum absolute atomic E-state index is 13.9. The maximum Gasteiger partial charge on any atom is 0.255 e. The second-order valence-electron chi connectivity index (χ2n) is 8.21. The van der Waals surface area contributed by atoms with Gasteiger partial charge < -0.3 is 4.90 Å². The Balaban J connectivity index is 1.18. The fourth-order valence-electron chi connectivity index (χ4n) is 4.18. The summed E-state index contributed by atoms with van der Waals surface area (Å²) in [5.41, 5.74) is 3.85. The van der Waals surface area contributed by atoms with Gasteiger partial charge in [0.15, 0.2) is 0 Å². The van der Waals surface area contributed by atoms with Gasteiger partial charge in [0, 0.05) is 26.2 Å². The molecule has 0 saturated carbocycles. The lowest BCUT2D eigenvalue weighted by molar-refractivity contribution is -0.135.